The van der Waals surface area contributed by atoms with Gasteiger partial charge in [-0.3, -0.25) is 9.59 Å². The summed E-state index contributed by atoms with van der Waals surface area (Å²) in [7, 11) is -3.98. The van der Waals surface area contributed by atoms with Gasteiger partial charge >= 0.3 is 5.97 Å². The molecule has 0 aliphatic carbocycles. The summed E-state index contributed by atoms with van der Waals surface area (Å²) >= 11 is 5.70. The fraction of sp³-hybridized carbons (Fsp3) is 0.125. The third-order valence-electron chi connectivity index (χ3n) is 3.06. The molecule has 2 aromatic rings. The van der Waals surface area contributed by atoms with Crippen LogP contribution in [-0.4, -0.2) is 33.3 Å². The molecule has 0 aliphatic rings. The minimum absolute atomic E-state index is 0.195. The van der Waals surface area contributed by atoms with E-state index in [0.29, 0.717) is 10.6 Å². The number of rotatable bonds is 7. The highest BCUT2D eigenvalue weighted by molar-refractivity contribution is 7.89. The van der Waals surface area contributed by atoms with E-state index < -0.39 is 40.7 Å². The molecule has 0 heterocycles. The number of hydrogen-bond acceptors (Lipinski definition) is 5. The molecule has 0 fully saturated rings. The number of esters is 1. The first-order valence-corrected chi connectivity index (χ1v) is 8.84. The number of Topliss-reactive ketones (excluding diaryl/α,β-unsaturated/α-hetero) is 1. The second kappa shape index (κ2) is 8.19. The van der Waals surface area contributed by atoms with E-state index in [0.717, 1.165) is 24.3 Å². The van der Waals surface area contributed by atoms with E-state index in [1.807, 2.05) is 4.72 Å². The molecule has 2 aromatic carbocycles. The molecule has 2 rings (SSSR count). The summed E-state index contributed by atoms with van der Waals surface area (Å²) in [6.07, 6.45) is 0. The van der Waals surface area contributed by atoms with Crippen LogP contribution in [0.4, 0.5) is 4.39 Å². The largest absolute Gasteiger partial charge is 0.456 e. The van der Waals surface area contributed by atoms with E-state index in [1.54, 1.807) is 0 Å². The van der Waals surface area contributed by atoms with Crippen LogP contribution in [0.1, 0.15) is 10.4 Å². The van der Waals surface area contributed by atoms with Crippen molar-refractivity contribution >= 4 is 33.4 Å². The van der Waals surface area contributed by atoms with Gasteiger partial charge < -0.3 is 4.74 Å². The van der Waals surface area contributed by atoms with Gasteiger partial charge in [0.25, 0.3) is 0 Å². The second-order valence-electron chi connectivity index (χ2n) is 4.87. The van der Waals surface area contributed by atoms with E-state index in [9.17, 15) is 22.4 Å². The second-order valence-corrected chi connectivity index (χ2v) is 7.07. The van der Waals surface area contributed by atoms with E-state index in [4.69, 9.17) is 16.3 Å². The molecular weight excluding hydrogens is 373 g/mol. The lowest BCUT2D eigenvalue weighted by Gasteiger charge is -2.07. The molecule has 0 aromatic heterocycles. The number of halogens is 2. The first kappa shape index (κ1) is 19.0. The van der Waals surface area contributed by atoms with E-state index in [2.05, 4.69) is 0 Å². The van der Waals surface area contributed by atoms with Crippen LogP contribution in [0.2, 0.25) is 5.02 Å². The van der Waals surface area contributed by atoms with Gasteiger partial charge in [0, 0.05) is 10.6 Å². The average Bonchev–Trinajstić information content (AvgIpc) is 2.59. The SMILES string of the molecule is O=C(CNS(=O)(=O)c1ccc(F)cc1)OCC(=O)c1ccc(Cl)cc1. The molecule has 0 bridgehead atoms. The van der Waals surface area contributed by atoms with Crippen molar-refractivity contribution in [1.82, 2.24) is 4.72 Å². The Balaban J connectivity index is 1.85. The highest BCUT2D eigenvalue weighted by atomic mass is 35.5. The number of sulfonamides is 1. The topological polar surface area (TPSA) is 89.5 Å². The molecule has 0 aliphatic heterocycles. The number of ether oxygens (including phenoxy) is 1. The zero-order valence-corrected chi connectivity index (χ0v) is 14.3. The lowest BCUT2D eigenvalue weighted by Crippen LogP contribution is -2.31. The summed E-state index contributed by atoms with van der Waals surface area (Å²) in [6.45, 7) is -1.19. The van der Waals surface area contributed by atoms with Crippen molar-refractivity contribution in [3.05, 3.63) is 64.9 Å². The summed E-state index contributed by atoms with van der Waals surface area (Å²) in [6, 6.07) is 10.1. The highest BCUT2D eigenvalue weighted by Crippen LogP contribution is 2.11. The molecule has 0 unspecified atom stereocenters. The van der Waals surface area contributed by atoms with Crippen molar-refractivity contribution < 1.29 is 27.1 Å². The minimum Gasteiger partial charge on any atom is -0.456 e. The molecule has 0 atom stereocenters. The standard InChI is InChI=1S/C16H13ClFNO5S/c17-12-3-1-11(2-4-12)15(20)10-24-16(21)9-19-25(22,23)14-7-5-13(18)6-8-14/h1-8,19H,9-10H2. The van der Waals surface area contributed by atoms with Crippen LogP contribution >= 0.6 is 11.6 Å². The molecule has 0 saturated heterocycles. The Morgan fingerprint density at radius 3 is 2.24 bits per heavy atom. The number of benzene rings is 2. The minimum atomic E-state index is -3.98. The van der Waals surface area contributed by atoms with Gasteiger partial charge in [-0.2, -0.15) is 4.72 Å². The third kappa shape index (κ3) is 5.63. The van der Waals surface area contributed by atoms with E-state index in [-0.39, 0.29) is 4.90 Å². The van der Waals surface area contributed by atoms with Gasteiger partial charge in [0.1, 0.15) is 12.4 Å². The maximum absolute atomic E-state index is 12.8. The number of ketones is 1. The van der Waals surface area contributed by atoms with Crippen molar-refractivity contribution in [1.29, 1.82) is 0 Å². The zero-order valence-electron chi connectivity index (χ0n) is 12.7. The monoisotopic (exact) mass is 385 g/mol. The summed E-state index contributed by atoms with van der Waals surface area (Å²) in [5.74, 6) is -1.96. The number of nitrogens with one attached hydrogen (secondary N) is 1. The molecule has 132 valence electrons. The Bertz CT molecular complexity index is 866. The molecule has 6 nitrogen and oxygen atoms in total. The molecule has 0 saturated carbocycles. The fourth-order valence-corrected chi connectivity index (χ4v) is 2.86. The van der Waals surface area contributed by atoms with Crippen molar-refractivity contribution in [3.63, 3.8) is 0 Å². The molecule has 0 spiro atoms. The van der Waals surface area contributed by atoms with Crippen molar-refractivity contribution in [2.45, 2.75) is 4.90 Å². The summed E-state index contributed by atoms with van der Waals surface area (Å²) in [5.41, 5.74) is 0.309. The van der Waals surface area contributed by atoms with Crippen molar-refractivity contribution in [2.75, 3.05) is 13.2 Å². The first-order valence-electron chi connectivity index (χ1n) is 6.97. The van der Waals surface area contributed by atoms with Crippen LogP contribution in [0, 0.1) is 5.82 Å². The van der Waals surface area contributed by atoms with E-state index in [1.165, 1.54) is 24.3 Å². The van der Waals surface area contributed by atoms with Crippen LogP contribution in [0.5, 0.6) is 0 Å². The number of carbonyl (C=O) groups excluding carboxylic acids is 2. The number of hydrogen-bond donors (Lipinski definition) is 1. The lowest BCUT2D eigenvalue weighted by atomic mass is 10.1. The summed E-state index contributed by atoms with van der Waals surface area (Å²) in [5, 5.41) is 0.462. The van der Waals surface area contributed by atoms with E-state index >= 15 is 0 Å². The van der Waals surface area contributed by atoms with Gasteiger partial charge in [-0.1, -0.05) is 11.6 Å². The molecule has 1 N–H and O–H groups in total. The van der Waals surface area contributed by atoms with Gasteiger partial charge in [0.05, 0.1) is 4.90 Å². The predicted molar refractivity (Wildman–Crippen MR) is 88.3 cm³/mol. The quantitative estimate of drug-likeness (QED) is 0.583. The Hall–Kier alpha value is -2.29. The van der Waals surface area contributed by atoms with Gasteiger partial charge in [-0.05, 0) is 48.5 Å². The third-order valence-corrected chi connectivity index (χ3v) is 4.73. The smallest absolute Gasteiger partial charge is 0.321 e. The van der Waals surface area contributed by atoms with Crippen molar-refractivity contribution in [2.24, 2.45) is 0 Å². The van der Waals surface area contributed by atoms with Gasteiger partial charge in [-0.25, -0.2) is 12.8 Å². The molecule has 0 radical (unpaired) electrons. The average molecular weight is 386 g/mol. The van der Waals surface area contributed by atoms with Crippen LogP contribution in [0.15, 0.2) is 53.4 Å². The van der Waals surface area contributed by atoms with Crippen LogP contribution in [-0.2, 0) is 19.6 Å². The Kier molecular flexibility index (Phi) is 6.24. The van der Waals surface area contributed by atoms with Gasteiger partial charge in [-0.15, -0.1) is 0 Å². The van der Waals surface area contributed by atoms with Gasteiger partial charge in [0.2, 0.25) is 10.0 Å². The maximum atomic E-state index is 12.8. The lowest BCUT2D eigenvalue weighted by molar-refractivity contribution is -0.141. The van der Waals surface area contributed by atoms with Crippen LogP contribution in [0.25, 0.3) is 0 Å². The summed E-state index contributed by atoms with van der Waals surface area (Å²) in [4.78, 5) is 23.2. The number of carbonyl (C=O) groups is 2. The normalized spacial score (nSPS) is 11.1. The zero-order chi connectivity index (χ0) is 18.4. The Labute approximate surface area is 148 Å². The predicted octanol–water partition coefficient (Wildman–Crippen LogP) is 2.18. The molecule has 0 amide bonds. The molecule has 25 heavy (non-hydrogen) atoms. The molecular formula is C16H13ClFNO5S. The first-order chi connectivity index (χ1) is 11.8. The van der Waals surface area contributed by atoms with Gasteiger partial charge in [0.15, 0.2) is 12.4 Å². The van der Waals surface area contributed by atoms with Crippen LogP contribution in [0.3, 0.4) is 0 Å². The Morgan fingerprint density at radius 1 is 1.04 bits per heavy atom. The maximum Gasteiger partial charge on any atom is 0.321 e. The Morgan fingerprint density at radius 2 is 1.64 bits per heavy atom. The summed E-state index contributed by atoms with van der Waals surface area (Å²) < 4.78 is 43.4. The fourth-order valence-electron chi connectivity index (χ4n) is 1.77. The molecule has 9 heteroatoms. The van der Waals surface area contributed by atoms with Crippen molar-refractivity contribution in [3.8, 4) is 0 Å². The van der Waals surface area contributed by atoms with Crippen LogP contribution < -0.4 is 4.72 Å². The highest BCUT2D eigenvalue weighted by Gasteiger charge is 2.17.